The van der Waals surface area contributed by atoms with Gasteiger partial charge in [-0.25, -0.2) is 4.39 Å². The number of likely N-dealkylation sites (N-methyl/N-ethyl adjacent to an activating group) is 1. The second-order valence-corrected chi connectivity index (χ2v) is 5.57. The van der Waals surface area contributed by atoms with Crippen molar-refractivity contribution < 1.29 is 8.91 Å². The number of nitrogens with zero attached hydrogens (tertiary/aromatic N) is 2. The lowest BCUT2D eigenvalue weighted by atomic mass is 10.0. The summed E-state index contributed by atoms with van der Waals surface area (Å²) in [5.74, 6) is 0.834. The maximum absolute atomic E-state index is 13.1. The third-order valence-corrected chi connectivity index (χ3v) is 3.94. The number of hydrogen-bond acceptors (Lipinski definition) is 4. The van der Waals surface area contributed by atoms with Gasteiger partial charge >= 0.3 is 0 Å². The van der Waals surface area contributed by atoms with Crippen LogP contribution in [0.1, 0.15) is 32.6 Å². The highest BCUT2D eigenvalue weighted by Crippen LogP contribution is 2.28. The lowest BCUT2D eigenvalue weighted by molar-refractivity contribution is 0.332. The van der Waals surface area contributed by atoms with Crippen LogP contribution in [0.25, 0.3) is 11.4 Å². The summed E-state index contributed by atoms with van der Waals surface area (Å²) in [5.41, 5.74) is 0.713. The summed E-state index contributed by atoms with van der Waals surface area (Å²) >= 11 is 3.31. The van der Waals surface area contributed by atoms with Gasteiger partial charge in [0.2, 0.25) is 11.7 Å². The van der Waals surface area contributed by atoms with Crippen molar-refractivity contribution in [2.24, 2.45) is 0 Å². The van der Waals surface area contributed by atoms with E-state index in [9.17, 15) is 4.39 Å². The van der Waals surface area contributed by atoms with Crippen LogP contribution < -0.4 is 5.32 Å². The highest BCUT2D eigenvalue weighted by atomic mass is 79.9. The van der Waals surface area contributed by atoms with E-state index in [1.54, 1.807) is 6.07 Å². The first-order chi connectivity index (χ1) is 9.52. The van der Waals surface area contributed by atoms with E-state index in [-0.39, 0.29) is 17.8 Å². The van der Waals surface area contributed by atoms with E-state index < -0.39 is 0 Å². The van der Waals surface area contributed by atoms with Crippen molar-refractivity contribution in [1.82, 2.24) is 15.5 Å². The van der Waals surface area contributed by atoms with E-state index in [1.165, 1.54) is 12.1 Å². The molecule has 0 aliphatic heterocycles. The fourth-order valence-electron chi connectivity index (χ4n) is 1.91. The number of rotatable bonds is 5. The third-order valence-electron chi connectivity index (χ3n) is 3.28. The zero-order chi connectivity index (χ0) is 14.7. The number of nitrogens with one attached hydrogen (secondary N) is 1. The summed E-state index contributed by atoms with van der Waals surface area (Å²) in [7, 11) is 0. The fraction of sp³-hybridized carbons (Fsp3) is 0.429. The minimum absolute atomic E-state index is 0.107. The van der Waals surface area contributed by atoms with Crippen molar-refractivity contribution in [3.05, 3.63) is 34.4 Å². The molecule has 1 N–H and O–H groups in total. The van der Waals surface area contributed by atoms with Gasteiger partial charge in [-0.15, -0.1) is 0 Å². The van der Waals surface area contributed by atoms with Gasteiger partial charge in [-0.3, -0.25) is 0 Å². The van der Waals surface area contributed by atoms with Crippen LogP contribution in [0, 0.1) is 5.82 Å². The highest BCUT2D eigenvalue weighted by Gasteiger charge is 2.21. The van der Waals surface area contributed by atoms with Crippen LogP contribution >= 0.6 is 15.9 Å². The maximum Gasteiger partial charge on any atom is 0.231 e. The van der Waals surface area contributed by atoms with E-state index in [4.69, 9.17) is 4.52 Å². The van der Waals surface area contributed by atoms with Crippen LogP contribution in [0.4, 0.5) is 4.39 Å². The average molecular weight is 342 g/mol. The molecule has 0 aliphatic carbocycles. The summed E-state index contributed by atoms with van der Waals surface area (Å²) in [6, 6.07) is 4.63. The van der Waals surface area contributed by atoms with Crippen LogP contribution in [0.2, 0.25) is 0 Å². The number of halogens is 2. The summed E-state index contributed by atoms with van der Waals surface area (Å²) < 4.78 is 19.0. The summed E-state index contributed by atoms with van der Waals surface area (Å²) in [6.45, 7) is 7.05. The van der Waals surface area contributed by atoms with E-state index in [0.717, 1.165) is 6.54 Å². The molecular formula is C14H17BrFN3O. The maximum atomic E-state index is 13.1. The summed E-state index contributed by atoms with van der Waals surface area (Å²) in [5, 5.41) is 7.30. The van der Waals surface area contributed by atoms with Crippen molar-refractivity contribution in [2.75, 3.05) is 6.54 Å². The fourth-order valence-corrected chi connectivity index (χ4v) is 2.44. The Morgan fingerprint density at radius 2 is 2.15 bits per heavy atom. The third kappa shape index (κ3) is 3.24. The highest BCUT2D eigenvalue weighted by molar-refractivity contribution is 9.10. The molecule has 6 heteroatoms. The Balaban J connectivity index is 2.24. The number of benzene rings is 1. The molecule has 2 aromatic rings. The van der Waals surface area contributed by atoms with Gasteiger partial charge in [-0.2, -0.15) is 4.98 Å². The van der Waals surface area contributed by atoms with E-state index in [0.29, 0.717) is 21.8 Å². The van der Waals surface area contributed by atoms with Gasteiger partial charge in [0.15, 0.2) is 0 Å². The van der Waals surface area contributed by atoms with Crippen molar-refractivity contribution in [3.8, 4) is 11.4 Å². The molecule has 108 valence electrons. The molecule has 0 saturated heterocycles. The average Bonchev–Trinajstić information content (AvgIpc) is 2.87. The molecule has 0 aliphatic rings. The normalized spacial score (nSPS) is 14.2. The minimum Gasteiger partial charge on any atom is -0.339 e. The topological polar surface area (TPSA) is 51.0 Å². The van der Waals surface area contributed by atoms with Gasteiger partial charge in [-0.1, -0.05) is 19.0 Å². The summed E-state index contributed by atoms with van der Waals surface area (Å²) in [4.78, 5) is 4.40. The second kappa shape index (κ2) is 6.45. The Hall–Kier alpha value is -1.27. The molecule has 2 rings (SSSR count). The standard InChI is InChI=1S/C14H17BrFN3O/c1-4-17-9(3)8(2)14-18-13(19-20-14)11-6-5-10(16)7-12(11)15/h5-9,17H,4H2,1-3H3. The van der Waals surface area contributed by atoms with Gasteiger partial charge < -0.3 is 9.84 Å². The van der Waals surface area contributed by atoms with Crippen molar-refractivity contribution >= 4 is 15.9 Å². The first kappa shape index (κ1) is 15.1. The van der Waals surface area contributed by atoms with E-state index in [1.807, 2.05) is 6.92 Å². The molecule has 0 spiro atoms. The molecule has 2 atom stereocenters. The van der Waals surface area contributed by atoms with Crippen molar-refractivity contribution in [2.45, 2.75) is 32.7 Å². The van der Waals surface area contributed by atoms with E-state index in [2.05, 4.69) is 45.2 Å². The molecule has 0 bridgehead atoms. The predicted octanol–water partition coefficient (Wildman–Crippen LogP) is 3.74. The van der Waals surface area contributed by atoms with Crippen LogP contribution in [0.15, 0.2) is 27.2 Å². The Morgan fingerprint density at radius 1 is 1.40 bits per heavy atom. The molecule has 4 nitrogen and oxygen atoms in total. The SMILES string of the molecule is CCNC(C)C(C)c1nc(-c2ccc(F)cc2Br)no1. The van der Waals surface area contributed by atoms with Crippen LogP contribution in [0.5, 0.6) is 0 Å². The van der Waals surface area contributed by atoms with Gasteiger partial charge in [0.05, 0.1) is 5.92 Å². The smallest absolute Gasteiger partial charge is 0.231 e. The molecule has 0 saturated carbocycles. The van der Waals surface area contributed by atoms with Crippen molar-refractivity contribution in [1.29, 1.82) is 0 Å². The molecule has 0 amide bonds. The van der Waals surface area contributed by atoms with Gasteiger partial charge in [0.1, 0.15) is 5.82 Å². The largest absolute Gasteiger partial charge is 0.339 e. The summed E-state index contributed by atoms with van der Waals surface area (Å²) in [6.07, 6.45) is 0. The lowest BCUT2D eigenvalue weighted by Gasteiger charge is -2.16. The minimum atomic E-state index is -0.307. The quantitative estimate of drug-likeness (QED) is 0.899. The Labute approximate surface area is 125 Å². The zero-order valence-corrected chi connectivity index (χ0v) is 13.2. The van der Waals surface area contributed by atoms with Crippen molar-refractivity contribution in [3.63, 3.8) is 0 Å². The number of aromatic nitrogens is 2. The Morgan fingerprint density at radius 3 is 2.80 bits per heavy atom. The zero-order valence-electron chi connectivity index (χ0n) is 11.7. The number of hydrogen-bond donors (Lipinski definition) is 1. The molecule has 1 aromatic heterocycles. The lowest BCUT2D eigenvalue weighted by Crippen LogP contribution is -2.30. The Bertz CT molecular complexity index is 588. The predicted molar refractivity (Wildman–Crippen MR) is 78.9 cm³/mol. The second-order valence-electron chi connectivity index (χ2n) is 4.72. The van der Waals surface area contributed by atoms with Gasteiger partial charge in [0.25, 0.3) is 0 Å². The molecular weight excluding hydrogens is 325 g/mol. The molecule has 20 heavy (non-hydrogen) atoms. The molecule has 0 fully saturated rings. The van der Waals surface area contributed by atoms with Crippen LogP contribution in [0.3, 0.4) is 0 Å². The van der Waals surface area contributed by atoms with Crippen LogP contribution in [-0.2, 0) is 0 Å². The Kier molecular flexibility index (Phi) is 4.88. The monoisotopic (exact) mass is 341 g/mol. The first-order valence-corrected chi connectivity index (χ1v) is 7.34. The van der Waals surface area contributed by atoms with Gasteiger partial charge in [0, 0.05) is 16.1 Å². The first-order valence-electron chi connectivity index (χ1n) is 6.55. The van der Waals surface area contributed by atoms with E-state index >= 15 is 0 Å². The van der Waals surface area contributed by atoms with Gasteiger partial charge in [-0.05, 0) is 47.6 Å². The molecule has 1 heterocycles. The van der Waals surface area contributed by atoms with Crippen LogP contribution in [-0.4, -0.2) is 22.7 Å². The molecule has 0 radical (unpaired) electrons. The molecule has 2 unspecified atom stereocenters. The molecule has 1 aromatic carbocycles.